The summed E-state index contributed by atoms with van der Waals surface area (Å²) < 4.78 is 5.61. The summed E-state index contributed by atoms with van der Waals surface area (Å²) >= 11 is 0. The van der Waals surface area contributed by atoms with E-state index in [9.17, 15) is 0 Å². The van der Waals surface area contributed by atoms with E-state index in [1.807, 2.05) is 7.05 Å². The number of hydrogen-bond donors (Lipinski definition) is 1. The maximum absolute atomic E-state index is 5.61. The molecule has 2 fully saturated rings. The fourth-order valence-corrected chi connectivity index (χ4v) is 3.19. The van der Waals surface area contributed by atoms with Crippen LogP contribution in [0.2, 0.25) is 0 Å². The van der Waals surface area contributed by atoms with Crippen LogP contribution in [0.3, 0.4) is 0 Å². The van der Waals surface area contributed by atoms with E-state index < -0.39 is 0 Å². The third kappa shape index (κ3) is 2.12. The van der Waals surface area contributed by atoms with E-state index in [4.69, 9.17) is 4.42 Å². The first-order valence-corrected chi connectivity index (χ1v) is 6.84. The predicted octanol–water partition coefficient (Wildman–Crippen LogP) is 1.07. The van der Waals surface area contributed by atoms with Crippen molar-refractivity contribution in [2.75, 3.05) is 32.1 Å². The smallest absolute Gasteiger partial charge is 0.297 e. The Hall–Kier alpha value is -1.07. The topological polar surface area (TPSA) is 44.5 Å². The summed E-state index contributed by atoms with van der Waals surface area (Å²) in [6.45, 7) is 2.88. The second-order valence-electron chi connectivity index (χ2n) is 5.44. The Morgan fingerprint density at radius 3 is 3.06 bits per heavy atom. The largest absolute Gasteiger partial charge is 0.432 e. The third-order valence-corrected chi connectivity index (χ3v) is 4.32. The highest BCUT2D eigenvalue weighted by Gasteiger charge is 2.35. The van der Waals surface area contributed by atoms with Crippen molar-refractivity contribution < 1.29 is 4.42 Å². The monoisotopic (exact) mass is 250 g/mol. The molecule has 1 aromatic rings. The molecule has 2 saturated heterocycles. The van der Waals surface area contributed by atoms with E-state index in [-0.39, 0.29) is 0 Å². The molecule has 2 aliphatic rings. The Morgan fingerprint density at radius 2 is 2.22 bits per heavy atom. The Morgan fingerprint density at radius 1 is 1.39 bits per heavy atom. The van der Waals surface area contributed by atoms with E-state index >= 15 is 0 Å². The lowest BCUT2D eigenvalue weighted by molar-refractivity contribution is 0.254. The fourth-order valence-electron chi connectivity index (χ4n) is 3.19. The van der Waals surface area contributed by atoms with Gasteiger partial charge in [0.25, 0.3) is 6.01 Å². The number of nitrogens with one attached hydrogen (secondary N) is 1. The van der Waals surface area contributed by atoms with Gasteiger partial charge < -0.3 is 14.6 Å². The number of nitrogens with zero attached hydrogens (tertiary/aromatic N) is 3. The quantitative estimate of drug-likeness (QED) is 0.869. The molecule has 3 heterocycles. The molecule has 1 N–H and O–H groups in total. The van der Waals surface area contributed by atoms with E-state index in [1.165, 1.54) is 19.3 Å². The highest BCUT2D eigenvalue weighted by atomic mass is 16.4. The van der Waals surface area contributed by atoms with Crippen molar-refractivity contribution in [2.45, 2.75) is 37.9 Å². The normalized spacial score (nSPS) is 28.7. The van der Waals surface area contributed by atoms with Crippen molar-refractivity contribution in [1.29, 1.82) is 0 Å². The van der Waals surface area contributed by atoms with Crippen LogP contribution in [0.25, 0.3) is 0 Å². The van der Waals surface area contributed by atoms with Crippen LogP contribution < -0.4 is 10.2 Å². The summed E-state index contributed by atoms with van der Waals surface area (Å²) in [4.78, 5) is 9.40. The van der Waals surface area contributed by atoms with E-state index in [0.717, 1.165) is 37.4 Å². The Balaban J connectivity index is 1.72. The molecule has 100 valence electrons. The summed E-state index contributed by atoms with van der Waals surface area (Å²) in [5, 5.41) is 3.10. The molecule has 2 unspecified atom stereocenters. The first-order chi connectivity index (χ1) is 8.78. The maximum Gasteiger partial charge on any atom is 0.297 e. The number of hydrogen-bond acceptors (Lipinski definition) is 5. The number of anilines is 1. The van der Waals surface area contributed by atoms with Gasteiger partial charge in [-0.05, 0) is 33.4 Å². The molecule has 0 spiro atoms. The van der Waals surface area contributed by atoms with Crippen LogP contribution in [0.1, 0.15) is 25.0 Å². The van der Waals surface area contributed by atoms with Gasteiger partial charge in [-0.15, -0.1) is 0 Å². The van der Waals surface area contributed by atoms with Gasteiger partial charge in [0.2, 0.25) is 0 Å². The summed E-state index contributed by atoms with van der Waals surface area (Å²) in [6.07, 6.45) is 5.64. The average molecular weight is 250 g/mol. The van der Waals surface area contributed by atoms with Gasteiger partial charge in [-0.3, -0.25) is 4.90 Å². The molecular formula is C13H22N4O. The molecule has 2 bridgehead atoms. The molecule has 0 aromatic carbocycles. The van der Waals surface area contributed by atoms with Crippen LogP contribution in [-0.2, 0) is 6.54 Å². The second-order valence-corrected chi connectivity index (χ2v) is 5.44. The minimum Gasteiger partial charge on any atom is -0.432 e. The number of fused-ring (bicyclic) bond motifs is 2. The van der Waals surface area contributed by atoms with Gasteiger partial charge in [0.1, 0.15) is 6.26 Å². The second kappa shape index (κ2) is 4.90. The molecule has 5 heteroatoms. The van der Waals surface area contributed by atoms with Gasteiger partial charge in [-0.1, -0.05) is 0 Å². The molecule has 2 aliphatic heterocycles. The van der Waals surface area contributed by atoms with Gasteiger partial charge in [0.15, 0.2) is 0 Å². The van der Waals surface area contributed by atoms with Crippen molar-refractivity contribution >= 4 is 6.01 Å². The zero-order chi connectivity index (χ0) is 12.5. The number of rotatable bonds is 3. The van der Waals surface area contributed by atoms with Crippen molar-refractivity contribution in [2.24, 2.45) is 0 Å². The summed E-state index contributed by atoms with van der Waals surface area (Å²) in [7, 11) is 4.18. The lowest BCUT2D eigenvalue weighted by atomic mass is 10.1. The molecular weight excluding hydrogens is 228 g/mol. The SMILES string of the molecule is CNCc1coc(N2CCC3CCC(C2)N3C)n1. The maximum atomic E-state index is 5.61. The van der Waals surface area contributed by atoms with E-state index in [1.54, 1.807) is 6.26 Å². The predicted molar refractivity (Wildman–Crippen MR) is 70.7 cm³/mol. The van der Waals surface area contributed by atoms with Crippen molar-refractivity contribution in [3.05, 3.63) is 12.0 Å². The van der Waals surface area contributed by atoms with Crippen LogP contribution in [0.15, 0.2) is 10.7 Å². The lowest BCUT2D eigenvalue weighted by Crippen LogP contribution is -2.36. The third-order valence-electron chi connectivity index (χ3n) is 4.32. The van der Waals surface area contributed by atoms with Gasteiger partial charge in [0.05, 0.1) is 5.69 Å². The highest BCUT2D eigenvalue weighted by Crippen LogP contribution is 2.30. The first kappa shape index (κ1) is 12.0. The summed E-state index contributed by atoms with van der Waals surface area (Å²) in [5.41, 5.74) is 0.982. The van der Waals surface area contributed by atoms with E-state index in [2.05, 4.69) is 27.1 Å². The van der Waals surface area contributed by atoms with Crippen molar-refractivity contribution in [3.63, 3.8) is 0 Å². The van der Waals surface area contributed by atoms with Gasteiger partial charge >= 0.3 is 0 Å². The molecule has 0 aliphatic carbocycles. The minimum absolute atomic E-state index is 0.664. The van der Waals surface area contributed by atoms with Gasteiger partial charge in [-0.25, -0.2) is 0 Å². The van der Waals surface area contributed by atoms with Crippen LogP contribution in [0.5, 0.6) is 0 Å². The minimum atomic E-state index is 0.664. The van der Waals surface area contributed by atoms with Crippen LogP contribution in [-0.4, -0.2) is 49.2 Å². The molecule has 0 radical (unpaired) electrons. The van der Waals surface area contributed by atoms with Crippen molar-refractivity contribution in [1.82, 2.24) is 15.2 Å². The molecule has 3 rings (SSSR count). The number of likely N-dealkylation sites (N-methyl/N-ethyl adjacent to an activating group) is 1. The highest BCUT2D eigenvalue weighted by molar-refractivity contribution is 5.28. The van der Waals surface area contributed by atoms with E-state index in [0.29, 0.717) is 6.04 Å². The molecule has 0 amide bonds. The molecule has 18 heavy (non-hydrogen) atoms. The van der Waals surface area contributed by atoms with Gasteiger partial charge in [0, 0.05) is 31.7 Å². The zero-order valence-electron chi connectivity index (χ0n) is 11.2. The fraction of sp³-hybridized carbons (Fsp3) is 0.769. The Kier molecular flexibility index (Phi) is 3.26. The molecule has 2 atom stereocenters. The molecule has 1 aromatic heterocycles. The van der Waals surface area contributed by atoms with Crippen LogP contribution in [0.4, 0.5) is 6.01 Å². The van der Waals surface area contributed by atoms with Crippen LogP contribution >= 0.6 is 0 Å². The lowest BCUT2D eigenvalue weighted by Gasteiger charge is -2.24. The first-order valence-electron chi connectivity index (χ1n) is 6.84. The van der Waals surface area contributed by atoms with Gasteiger partial charge in [-0.2, -0.15) is 4.98 Å². The average Bonchev–Trinajstić information content (AvgIpc) is 2.87. The van der Waals surface area contributed by atoms with Crippen molar-refractivity contribution in [3.8, 4) is 0 Å². The molecule has 0 saturated carbocycles. The number of aromatic nitrogens is 1. The standard InChI is InChI=1S/C13H22N4O/c1-14-7-10-9-18-13(15-10)17-6-5-11-3-4-12(8-17)16(11)2/h9,11-12,14H,3-8H2,1-2H3. The molecule has 5 nitrogen and oxygen atoms in total. The summed E-state index contributed by atoms with van der Waals surface area (Å²) in [6, 6.07) is 2.21. The Bertz CT molecular complexity index is 405. The zero-order valence-corrected chi connectivity index (χ0v) is 11.2. The summed E-state index contributed by atoms with van der Waals surface area (Å²) in [5.74, 6) is 0. The Labute approximate surface area is 108 Å². The number of oxazole rings is 1. The van der Waals surface area contributed by atoms with Crippen LogP contribution in [0, 0.1) is 0 Å².